The van der Waals surface area contributed by atoms with Gasteiger partial charge in [-0.25, -0.2) is 0 Å². The summed E-state index contributed by atoms with van der Waals surface area (Å²) in [5.41, 5.74) is 2.18. The fraction of sp³-hybridized carbons (Fsp3) is 0.118. The molecule has 0 aliphatic carbocycles. The minimum absolute atomic E-state index is 0.270. The lowest BCUT2D eigenvalue weighted by Crippen LogP contribution is -2.08. The molecule has 1 aromatic heterocycles. The minimum atomic E-state index is -0.270. The van der Waals surface area contributed by atoms with Crippen molar-refractivity contribution in [3.8, 4) is 11.5 Å². The number of para-hydroxylation sites is 1. The molecule has 0 radical (unpaired) electrons. The third kappa shape index (κ3) is 2.91. The van der Waals surface area contributed by atoms with Crippen LogP contribution in [-0.2, 0) is 0 Å². The number of ether oxygens (including phenoxy) is 2. The predicted octanol–water partition coefficient (Wildman–Crippen LogP) is 2.80. The van der Waals surface area contributed by atoms with Crippen LogP contribution in [0.2, 0.25) is 0 Å². The van der Waals surface area contributed by atoms with Crippen molar-refractivity contribution in [3.05, 3.63) is 54.1 Å². The SMILES string of the molecule is COc1ccc(/C=C/C(=O)n2nnc3ccccc32)cc1OC. The van der Waals surface area contributed by atoms with E-state index in [0.29, 0.717) is 22.5 Å². The summed E-state index contributed by atoms with van der Waals surface area (Å²) in [6.45, 7) is 0. The summed E-state index contributed by atoms with van der Waals surface area (Å²) in [6.07, 6.45) is 3.14. The Labute approximate surface area is 132 Å². The van der Waals surface area contributed by atoms with Gasteiger partial charge >= 0.3 is 0 Å². The Morgan fingerprint density at radius 1 is 1.09 bits per heavy atom. The van der Waals surface area contributed by atoms with Crippen LogP contribution in [0, 0.1) is 0 Å². The Morgan fingerprint density at radius 2 is 1.87 bits per heavy atom. The zero-order chi connectivity index (χ0) is 16.2. The van der Waals surface area contributed by atoms with Crippen molar-refractivity contribution in [2.75, 3.05) is 14.2 Å². The van der Waals surface area contributed by atoms with Crippen molar-refractivity contribution in [2.45, 2.75) is 0 Å². The van der Waals surface area contributed by atoms with E-state index in [9.17, 15) is 4.79 Å². The van der Waals surface area contributed by atoms with Crippen LogP contribution in [0.15, 0.2) is 48.5 Å². The first-order valence-corrected chi connectivity index (χ1v) is 6.98. The number of benzene rings is 2. The van der Waals surface area contributed by atoms with Crippen molar-refractivity contribution >= 4 is 23.0 Å². The Hall–Kier alpha value is -3.15. The second-order valence-electron chi connectivity index (χ2n) is 4.78. The number of aromatic nitrogens is 3. The van der Waals surface area contributed by atoms with E-state index >= 15 is 0 Å². The molecule has 0 saturated heterocycles. The maximum absolute atomic E-state index is 12.3. The van der Waals surface area contributed by atoms with Gasteiger partial charge in [-0.3, -0.25) is 4.79 Å². The predicted molar refractivity (Wildman–Crippen MR) is 86.7 cm³/mol. The first-order valence-electron chi connectivity index (χ1n) is 6.98. The van der Waals surface area contributed by atoms with Crippen LogP contribution in [0.5, 0.6) is 11.5 Å². The van der Waals surface area contributed by atoms with Crippen LogP contribution < -0.4 is 9.47 Å². The van der Waals surface area contributed by atoms with E-state index in [1.807, 2.05) is 24.3 Å². The molecule has 0 amide bonds. The number of hydrogen-bond donors (Lipinski definition) is 0. The zero-order valence-corrected chi connectivity index (χ0v) is 12.8. The number of nitrogens with zero attached hydrogens (tertiary/aromatic N) is 3. The number of allylic oxidation sites excluding steroid dienone is 1. The number of rotatable bonds is 4. The molecule has 0 aliphatic heterocycles. The Bertz CT molecular complexity index is 884. The summed E-state index contributed by atoms with van der Waals surface area (Å²) in [5.74, 6) is 0.972. The molecule has 2 aromatic carbocycles. The fourth-order valence-corrected chi connectivity index (χ4v) is 2.23. The molecule has 3 aromatic rings. The molecule has 6 heteroatoms. The van der Waals surface area contributed by atoms with Crippen molar-refractivity contribution in [2.24, 2.45) is 0 Å². The molecule has 0 aliphatic rings. The van der Waals surface area contributed by atoms with Crippen LogP contribution in [0.3, 0.4) is 0 Å². The number of fused-ring (bicyclic) bond motifs is 1. The highest BCUT2D eigenvalue weighted by Crippen LogP contribution is 2.28. The molecule has 0 bridgehead atoms. The third-order valence-corrected chi connectivity index (χ3v) is 3.39. The van der Waals surface area contributed by atoms with Crippen molar-refractivity contribution in [1.29, 1.82) is 0 Å². The van der Waals surface area contributed by atoms with E-state index in [4.69, 9.17) is 9.47 Å². The molecule has 0 saturated carbocycles. The van der Waals surface area contributed by atoms with E-state index < -0.39 is 0 Å². The Balaban J connectivity index is 1.86. The van der Waals surface area contributed by atoms with Gasteiger partial charge in [-0.1, -0.05) is 23.4 Å². The monoisotopic (exact) mass is 309 g/mol. The highest BCUT2D eigenvalue weighted by atomic mass is 16.5. The van der Waals surface area contributed by atoms with Gasteiger partial charge in [0.1, 0.15) is 5.52 Å². The molecule has 0 unspecified atom stereocenters. The molecule has 116 valence electrons. The molecule has 0 atom stereocenters. The summed E-state index contributed by atoms with van der Waals surface area (Å²) >= 11 is 0. The maximum Gasteiger partial charge on any atom is 0.272 e. The number of carbonyl (C=O) groups excluding carboxylic acids is 1. The lowest BCUT2D eigenvalue weighted by molar-refractivity contribution is 0.0958. The molecule has 23 heavy (non-hydrogen) atoms. The summed E-state index contributed by atoms with van der Waals surface area (Å²) in [6, 6.07) is 12.7. The average Bonchev–Trinajstić information content (AvgIpc) is 3.03. The standard InChI is InChI=1S/C17H15N3O3/c1-22-15-9-7-12(11-16(15)23-2)8-10-17(21)20-14-6-4-3-5-13(14)18-19-20/h3-11H,1-2H3/b10-8+. The highest BCUT2D eigenvalue weighted by Gasteiger charge is 2.09. The molecule has 6 nitrogen and oxygen atoms in total. The van der Waals surface area contributed by atoms with E-state index in [1.54, 1.807) is 38.5 Å². The van der Waals surface area contributed by atoms with E-state index in [1.165, 1.54) is 10.8 Å². The molecular weight excluding hydrogens is 294 g/mol. The average molecular weight is 309 g/mol. The number of methoxy groups -OCH3 is 2. The zero-order valence-electron chi connectivity index (χ0n) is 12.8. The Morgan fingerprint density at radius 3 is 2.65 bits per heavy atom. The highest BCUT2D eigenvalue weighted by molar-refractivity contribution is 5.98. The van der Waals surface area contributed by atoms with E-state index in [2.05, 4.69) is 10.3 Å². The molecule has 1 heterocycles. The van der Waals surface area contributed by atoms with Crippen LogP contribution in [0.1, 0.15) is 10.4 Å². The van der Waals surface area contributed by atoms with Crippen molar-refractivity contribution in [1.82, 2.24) is 15.0 Å². The molecule has 3 rings (SSSR count). The molecule has 0 fully saturated rings. The second-order valence-corrected chi connectivity index (χ2v) is 4.78. The summed E-state index contributed by atoms with van der Waals surface area (Å²) in [5, 5.41) is 7.86. The largest absolute Gasteiger partial charge is 0.493 e. The van der Waals surface area contributed by atoms with Crippen LogP contribution in [0.25, 0.3) is 17.1 Å². The van der Waals surface area contributed by atoms with Gasteiger partial charge < -0.3 is 9.47 Å². The van der Waals surface area contributed by atoms with Gasteiger partial charge in [0.2, 0.25) is 0 Å². The molecular formula is C17H15N3O3. The third-order valence-electron chi connectivity index (χ3n) is 3.39. The first kappa shape index (κ1) is 14.8. The molecule has 0 spiro atoms. The summed E-state index contributed by atoms with van der Waals surface area (Å²) < 4.78 is 11.7. The fourth-order valence-electron chi connectivity index (χ4n) is 2.23. The van der Waals surface area contributed by atoms with Gasteiger partial charge in [-0.05, 0) is 35.9 Å². The first-order chi connectivity index (χ1) is 11.2. The number of carbonyl (C=O) groups is 1. The second kappa shape index (κ2) is 6.31. The maximum atomic E-state index is 12.3. The lowest BCUT2D eigenvalue weighted by Gasteiger charge is -2.07. The lowest BCUT2D eigenvalue weighted by atomic mass is 10.2. The normalized spacial score (nSPS) is 11.0. The summed E-state index contributed by atoms with van der Waals surface area (Å²) in [4.78, 5) is 12.3. The van der Waals surface area contributed by atoms with Crippen molar-refractivity contribution < 1.29 is 14.3 Å². The van der Waals surface area contributed by atoms with E-state index in [-0.39, 0.29) is 5.91 Å². The quantitative estimate of drug-likeness (QED) is 0.693. The van der Waals surface area contributed by atoms with Gasteiger partial charge in [0.15, 0.2) is 11.5 Å². The van der Waals surface area contributed by atoms with Crippen LogP contribution in [-0.4, -0.2) is 35.1 Å². The summed E-state index contributed by atoms with van der Waals surface area (Å²) in [7, 11) is 3.14. The topological polar surface area (TPSA) is 66.2 Å². The number of hydrogen-bond acceptors (Lipinski definition) is 5. The minimum Gasteiger partial charge on any atom is -0.493 e. The molecule has 0 N–H and O–H groups in total. The van der Waals surface area contributed by atoms with Crippen molar-refractivity contribution in [3.63, 3.8) is 0 Å². The smallest absolute Gasteiger partial charge is 0.272 e. The van der Waals surface area contributed by atoms with Gasteiger partial charge in [0, 0.05) is 6.08 Å². The Kier molecular flexibility index (Phi) is 4.05. The van der Waals surface area contributed by atoms with Crippen LogP contribution in [0.4, 0.5) is 0 Å². The van der Waals surface area contributed by atoms with E-state index in [0.717, 1.165) is 5.56 Å². The van der Waals surface area contributed by atoms with Gasteiger partial charge in [-0.2, -0.15) is 4.68 Å². The van der Waals surface area contributed by atoms with Gasteiger partial charge in [0.05, 0.1) is 19.7 Å². The van der Waals surface area contributed by atoms with Gasteiger partial charge in [-0.15, -0.1) is 5.10 Å². The van der Waals surface area contributed by atoms with Gasteiger partial charge in [0.25, 0.3) is 5.91 Å². The van der Waals surface area contributed by atoms with Crippen LogP contribution >= 0.6 is 0 Å².